The second-order valence-electron chi connectivity index (χ2n) is 4.44. The van der Waals surface area contributed by atoms with E-state index in [0.717, 1.165) is 0 Å². The van der Waals surface area contributed by atoms with Crippen molar-refractivity contribution in [3.05, 3.63) is 36.3 Å². The standard InChI is InChI=1S/C15H17NO6/c1-10(22-15(18)13-9-20-7-8-21-13)14(17)16-11-5-3-4-6-12(11)19-2/h3-6,9-10H,7-8H2,1-2H3,(H,16,17)/t10-/m0/s1. The van der Waals surface area contributed by atoms with E-state index >= 15 is 0 Å². The molecule has 1 aliphatic heterocycles. The monoisotopic (exact) mass is 307 g/mol. The fourth-order valence-electron chi connectivity index (χ4n) is 1.73. The van der Waals surface area contributed by atoms with E-state index in [9.17, 15) is 9.59 Å². The second kappa shape index (κ2) is 7.35. The van der Waals surface area contributed by atoms with Crippen molar-refractivity contribution in [3.8, 4) is 5.75 Å². The summed E-state index contributed by atoms with van der Waals surface area (Å²) < 4.78 is 20.2. The van der Waals surface area contributed by atoms with Crippen LogP contribution in [-0.4, -0.2) is 38.3 Å². The lowest BCUT2D eigenvalue weighted by atomic mass is 10.2. The van der Waals surface area contributed by atoms with Crippen LogP contribution in [0.25, 0.3) is 0 Å². The number of rotatable bonds is 5. The Kier molecular flexibility index (Phi) is 5.24. The molecular formula is C15H17NO6. The van der Waals surface area contributed by atoms with Crippen LogP contribution in [0.4, 0.5) is 5.69 Å². The fraction of sp³-hybridized carbons (Fsp3) is 0.333. The number of para-hydroxylation sites is 2. The molecule has 0 fully saturated rings. The highest BCUT2D eigenvalue weighted by molar-refractivity contribution is 5.97. The summed E-state index contributed by atoms with van der Waals surface area (Å²) in [5.41, 5.74) is 0.495. The average Bonchev–Trinajstić information content (AvgIpc) is 2.56. The number of hydrogen-bond donors (Lipinski definition) is 1. The zero-order valence-corrected chi connectivity index (χ0v) is 12.3. The van der Waals surface area contributed by atoms with Crippen LogP contribution in [0.3, 0.4) is 0 Å². The summed E-state index contributed by atoms with van der Waals surface area (Å²) >= 11 is 0. The van der Waals surface area contributed by atoms with Crippen LogP contribution in [-0.2, 0) is 23.8 Å². The first kappa shape index (κ1) is 15.7. The van der Waals surface area contributed by atoms with Gasteiger partial charge in [-0.05, 0) is 19.1 Å². The van der Waals surface area contributed by atoms with E-state index in [0.29, 0.717) is 18.0 Å². The van der Waals surface area contributed by atoms with Gasteiger partial charge in [-0.25, -0.2) is 4.79 Å². The SMILES string of the molecule is COc1ccccc1NC(=O)[C@H](C)OC(=O)C1=COCCO1. The molecule has 1 aliphatic rings. The molecule has 0 spiro atoms. The third-order valence-electron chi connectivity index (χ3n) is 2.87. The van der Waals surface area contributed by atoms with Crippen molar-refractivity contribution in [1.29, 1.82) is 0 Å². The lowest BCUT2D eigenvalue weighted by Crippen LogP contribution is -2.31. The van der Waals surface area contributed by atoms with Gasteiger partial charge in [-0.3, -0.25) is 4.79 Å². The fourth-order valence-corrected chi connectivity index (χ4v) is 1.73. The van der Waals surface area contributed by atoms with Crippen LogP contribution in [0, 0.1) is 0 Å². The van der Waals surface area contributed by atoms with Gasteiger partial charge in [-0.1, -0.05) is 12.1 Å². The molecule has 22 heavy (non-hydrogen) atoms. The number of hydrogen-bond acceptors (Lipinski definition) is 6. The summed E-state index contributed by atoms with van der Waals surface area (Å²) in [6.07, 6.45) is 0.181. The highest BCUT2D eigenvalue weighted by Gasteiger charge is 2.23. The Morgan fingerprint density at radius 3 is 2.73 bits per heavy atom. The number of benzene rings is 1. The number of esters is 1. The van der Waals surface area contributed by atoms with E-state index in [4.69, 9.17) is 18.9 Å². The van der Waals surface area contributed by atoms with Gasteiger partial charge >= 0.3 is 5.97 Å². The van der Waals surface area contributed by atoms with Crippen molar-refractivity contribution in [1.82, 2.24) is 0 Å². The maximum absolute atomic E-state index is 12.1. The van der Waals surface area contributed by atoms with Crippen LogP contribution in [0.1, 0.15) is 6.92 Å². The predicted octanol–water partition coefficient (Wildman–Crippen LogP) is 1.45. The molecule has 0 aromatic heterocycles. The molecule has 7 heteroatoms. The predicted molar refractivity (Wildman–Crippen MR) is 77.2 cm³/mol. The molecule has 0 unspecified atom stereocenters. The number of ether oxygens (including phenoxy) is 4. The maximum atomic E-state index is 12.1. The summed E-state index contributed by atoms with van der Waals surface area (Å²) in [6, 6.07) is 6.94. The van der Waals surface area contributed by atoms with Gasteiger partial charge in [0.15, 0.2) is 6.10 Å². The summed E-state index contributed by atoms with van der Waals surface area (Å²) in [4.78, 5) is 23.9. The van der Waals surface area contributed by atoms with Crippen LogP contribution < -0.4 is 10.1 Å². The molecule has 0 bridgehead atoms. The topological polar surface area (TPSA) is 83.1 Å². The molecule has 1 aromatic rings. The summed E-state index contributed by atoms with van der Waals surface area (Å²) in [6.45, 7) is 2.11. The number of nitrogens with one attached hydrogen (secondary N) is 1. The Bertz CT molecular complexity index is 583. The van der Waals surface area contributed by atoms with Crippen molar-refractivity contribution < 1.29 is 28.5 Å². The highest BCUT2D eigenvalue weighted by Crippen LogP contribution is 2.23. The number of carbonyl (C=O) groups is 2. The van der Waals surface area contributed by atoms with Crippen LogP contribution >= 0.6 is 0 Å². The zero-order valence-electron chi connectivity index (χ0n) is 12.3. The third-order valence-corrected chi connectivity index (χ3v) is 2.87. The van der Waals surface area contributed by atoms with Gasteiger partial charge in [0.2, 0.25) is 5.76 Å². The van der Waals surface area contributed by atoms with Crippen molar-refractivity contribution in [2.45, 2.75) is 13.0 Å². The van der Waals surface area contributed by atoms with Gasteiger partial charge in [-0.2, -0.15) is 0 Å². The molecule has 1 aromatic carbocycles. The third kappa shape index (κ3) is 3.91. The van der Waals surface area contributed by atoms with Gasteiger partial charge in [0.25, 0.3) is 5.91 Å². The minimum absolute atomic E-state index is 0.0526. The van der Waals surface area contributed by atoms with E-state index in [1.807, 2.05) is 0 Å². The molecule has 1 heterocycles. The highest BCUT2D eigenvalue weighted by atomic mass is 16.6. The number of anilines is 1. The smallest absolute Gasteiger partial charge is 0.377 e. The lowest BCUT2D eigenvalue weighted by molar-refractivity contribution is -0.153. The Hall–Kier alpha value is -2.70. The summed E-state index contributed by atoms with van der Waals surface area (Å²) in [5, 5.41) is 2.64. The molecule has 7 nitrogen and oxygen atoms in total. The van der Waals surface area contributed by atoms with E-state index in [1.165, 1.54) is 20.3 Å². The number of carbonyl (C=O) groups excluding carboxylic acids is 2. The summed E-state index contributed by atoms with van der Waals surface area (Å²) in [5.74, 6) is -0.762. The quantitative estimate of drug-likeness (QED) is 0.829. The molecule has 2 rings (SSSR count). The van der Waals surface area contributed by atoms with Gasteiger partial charge in [-0.15, -0.1) is 0 Å². The summed E-state index contributed by atoms with van der Waals surface area (Å²) in [7, 11) is 1.50. The molecule has 1 N–H and O–H groups in total. The van der Waals surface area contributed by atoms with Crippen molar-refractivity contribution in [2.75, 3.05) is 25.6 Å². The first-order valence-corrected chi connectivity index (χ1v) is 6.71. The van der Waals surface area contributed by atoms with Crippen molar-refractivity contribution in [2.24, 2.45) is 0 Å². The first-order valence-electron chi connectivity index (χ1n) is 6.71. The lowest BCUT2D eigenvalue weighted by Gasteiger charge is -2.18. The molecule has 0 aliphatic carbocycles. The maximum Gasteiger partial charge on any atom is 0.377 e. The zero-order chi connectivity index (χ0) is 15.9. The minimum atomic E-state index is -0.996. The van der Waals surface area contributed by atoms with E-state index in [1.54, 1.807) is 24.3 Å². The molecule has 1 amide bonds. The van der Waals surface area contributed by atoms with E-state index < -0.39 is 18.0 Å². The Morgan fingerprint density at radius 1 is 1.27 bits per heavy atom. The van der Waals surface area contributed by atoms with Crippen molar-refractivity contribution in [3.63, 3.8) is 0 Å². The molecule has 0 saturated carbocycles. The van der Waals surface area contributed by atoms with Gasteiger partial charge in [0, 0.05) is 0 Å². The largest absolute Gasteiger partial charge is 0.495 e. The molecule has 0 radical (unpaired) electrons. The van der Waals surface area contributed by atoms with Gasteiger partial charge < -0.3 is 24.3 Å². The second-order valence-corrected chi connectivity index (χ2v) is 4.44. The average molecular weight is 307 g/mol. The normalized spacial score (nSPS) is 14.7. The number of amides is 1. The first-order chi connectivity index (χ1) is 10.6. The Morgan fingerprint density at radius 2 is 2.05 bits per heavy atom. The molecule has 118 valence electrons. The molecule has 1 atom stereocenters. The van der Waals surface area contributed by atoms with Gasteiger partial charge in [0.05, 0.1) is 12.8 Å². The minimum Gasteiger partial charge on any atom is -0.495 e. The Labute approximate surface area is 127 Å². The van der Waals surface area contributed by atoms with Crippen LogP contribution in [0.5, 0.6) is 5.75 Å². The molecule has 0 saturated heterocycles. The van der Waals surface area contributed by atoms with E-state index in [2.05, 4.69) is 5.32 Å². The number of methoxy groups -OCH3 is 1. The molecular weight excluding hydrogens is 290 g/mol. The van der Waals surface area contributed by atoms with Crippen LogP contribution in [0.15, 0.2) is 36.3 Å². The Balaban J connectivity index is 1.94. The van der Waals surface area contributed by atoms with Crippen molar-refractivity contribution >= 4 is 17.6 Å². The van der Waals surface area contributed by atoms with E-state index in [-0.39, 0.29) is 12.4 Å². The van der Waals surface area contributed by atoms with Gasteiger partial charge in [0.1, 0.15) is 25.2 Å². The van der Waals surface area contributed by atoms with Crippen LogP contribution in [0.2, 0.25) is 0 Å².